The third-order valence-corrected chi connectivity index (χ3v) is 1.92. The fraction of sp³-hybridized carbons (Fsp3) is 0.385. The van der Waals surface area contributed by atoms with Gasteiger partial charge in [0, 0.05) is 0 Å². The standard InChI is InChI=1S/C13H17/c1-2-4-6-8-10-12-13-11-9-7-5-3-1/h1-2,5,8-11H,3-4,6,12-13H2/b2-1+,7-5?,10-8+,11-9+. The maximum atomic E-state index is 3.14. The van der Waals surface area contributed by atoms with E-state index in [4.69, 9.17) is 0 Å². The smallest absolute Gasteiger partial charge is 0.0160 e. The van der Waals surface area contributed by atoms with Gasteiger partial charge < -0.3 is 0 Å². The van der Waals surface area contributed by atoms with Crippen molar-refractivity contribution in [3.8, 4) is 0 Å². The normalized spacial score (nSPS) is 28.9. The summed E-state index contributed by atoms with van der Waals surface area (Å²) in [5.41, 5.74) is 0. The SMILES string of the molecule is [C]1=C/C/C=C/CC/C=C/CC/C=C/1. The second-order valence-electron chi connectivity index (χ2n) is 3.11. The van der Waals surface area contributed by atoms with Gasteiger partial charge in [0.15, 0.2) is 0 Å². The Morgan fingerprint density at radius 1 is 0.692 bits per heavy atom. The summed E-state index contributed by atoms with van der Waals surface area (Å²) in [6.07, 6.45) is 24.0. The first-order valence-corrected chi connectivity index (χ1v) is 5.03. The summed E-state index contributed by atoms with van der Waals surface area (Å²) < 4.78 is 0. The van der Waals surface area contributed by atoms with Gasteiger partial charge in [0.25, 0.3) is 0 Å². The molecule has 0 fully saturated rings. The molecule has 0 aromatic rings. The van der Waals surface area contributed by atoms with Gasteiger partial charge in [-0.05, 0) is 38.2 Å². The van der Waals surface area contributed by atoms with E-state index in [1.165, 1.54) is 6.42 Å². The zero-order valence-electron chi connectivity index (χ0n) is 8.08. The van der Waals surface area contributed by atoms with Gasteiger partial charge in [-0.15, -0.1) is 0 Å². The second-order valence-corrected chi connectivity index (χ2v) is 3.11. The summed E-state index contributed by atoms with van der Waals surface area (Å²) in [5, 5.41) is 0. The van der Waals surface area contributed by atoms with Crippen LogP contribution in [0.4, 0.5) is 0 Å². The van der Waals surface area contributed by atoms with Crippen molar-refractivity contribution in [2.45, 2.75) is 32.1 Å². The Morgan fingerprint density at radius 2 is 1.31 bits per heavy atom. The lowest BCUT2D eigenvalue weighted by Crippen LogP contribution is -1.66. The van der Waals surface area contributed by atoms with Crippen LogP contribution in [-0.2, 0) is 0 Å². The van der Waals surface area contributed by atoms with Gasteiger partial charge in [-0.25, -0.2) is 0 Å². The van der Waals surface area contributed by atoms with Crippen LogP contribution in [0.15, 0.2) is 42.5 Å². The van der Waals surface area contributed by atoms with Crippen LogP contribution in [0.2, 0.25) is 0 Å². The summed E-state index contributed by atoms with van der Waals surface area (Å²) in [7, 11) is 0. The van der Waals surface area contributed by atoms with Crippen LogP contribution in [-0.4, -0.2) is 0 Å². The van der Waals surface area contributed by atoms with Crippen molar-refractivity contribution in [2.75, 3.05) is 0 Å². The van der Waals surface area contributed by atoms with E-state index < -0.39 is 0 Å². The van der Waals surface area contributed by atoms with E-state index in [2.05, 4.69) is 42.5 Å². The maximum Gasteiger partial charge on any atom is -0.0160 e. The van der Waals surface area contributed by atoms with Gasteiger partial charge in [0.05, 0.1) is 0 Å². The van der Waals surface area contributed by atoms with E-state index in [1.807, 2.05) is 6.08 Å². The number of rotatable bonds is 0. The summed E-state index contributed by atoms with van der Waals surface area (Å²) in [5.74, 6) is 0. The lowest BCUT2D eigenvalue weighted by Gasteiger charge is -1.87. The molecule has 0 atom stereocenters. The van der Waals surface area contributed by atoms with Gasteiger partial charge in [-0.3, -0.25) is 0 Å². The van der Waals surface area contributed by atoms with Gasteiger partial charge in [-0.2, -0.15) is 0 Å². The molecule has 1 radical (unpaired) electrons. The number of allylic oxidation sites excluding steroid dienone is 8. The molecule has 1 aliphatic rings. The van der Waals surface area contributed by atoms with Crippen molar-refractivity contribution in [3.05, 3.63) is 48.6 Å². The first-order valence-electron chi connectivity index (χ1n) is 5.03. The van der Waals surface area contributed by atoms with Crippen LogP contribution < -0.4 is 0 Å². The third kappa shape index (κ3) is 6.15. The highest BCUT2D eigenvalue weighted by Gasteiger charge is 1.79. The van der Waals surface area contributed by atoms with Crippen molar-refractivity contribution in [2.24, 2.45) is 0 Å². The Balaban J connectivity index is 2.38. The van der Waals surface area contributed by atoms with Crippen molar-refractivity contribution in [3.63, 3.8) is 0 Å². The van der Waals surface area contributed by atoms with Crippen LogP contribution >= 0.6 is 0 Å². The Bertz CT molecular complexity index is 216. The van der Waals surface area contributed by atoms with E-state index in [0.717, 1.165) is 25.7 Å². The minimum absolute atomic E-state index is 1.01. The summed E-state index contributed by atoms with van der Waals surface area (Å²) in [6.45, 7) is 0. The largest absolute Gasteiger partial charge is 0.0882 e. The molecule has 0 heterocycles. The molecule has 13 heavy (non-hydrogen) atoms. The Labute approximate surface area is 81.4 Å². The molecule has 69 valence electrons. The highest BCUT2D eigenvalue weighted by atomic mass is 13.9. The lowest BCUT2D eigenvalue weighted by atomic mass is 10.2. The van der Waals surface area contributed by atoms with Crippen molar-refractivity contribution < 1.29 is 0 Å². The van der Waals surface area contributed by atoms with Crippen LogP contribution in [0.3, 0.4) is 0 Å². The molecule has 0 aliphatic heterocycles. The van der Waals surface area contributed by atoms with Crippen LogP contribution in [0.5, 0.6) is 0 Å². The van der Waals surface area contributed by atoms with E-state index in [0.29, 0.717) is 0 Å². The summed E-state index contributed by atoms with van der Waals surface area (Å²) in [4.78, 5) is 0. The molecule has 0 saturated heterocycles. The zero-order valence-corrected chi connectivity index (χ0v) is 8.08. The van der Waals surface area contributed by atoms with E-state index in [9.17, 15) is 0 Å². The highest BCUT2D eigenvalue weighted by Crippen LogP contribution is 2.00. The summed E-state index contributed by atoms with van der Waals surface area (Å²) >= 11 is 0. The molecule has 0 heteroatoms. The minimum atomic E-state index is 1.01. The monoisotopic (exact) mass is 173 g/mol. The molecule has 0 nitrogen and oxygen atoms in total. The lowest BCUT2D eigenvalue weighted by molar-refractivity contribution is 1.00. The maximum absolute atomic E-state index is 3.14. The molecule has 0 unspecified atom stereocenters. The molecule has 1 aliphatic carbocycles. The van der Waals surface area contributed by atoms with Gasteiger partial charge in [-0.1, -0.05) is 42.5 Å². The molecule has 0 bridgehead atoms. The molecular formula is C13H17. The average molecular weight is 173 g/mol. The minimum Gasteiger partial charge on any atom is -0.0882 e. The molecular weight excluding hydrogens is 156 g/mol. The van der Waals surface area contributed by atoms with Crippen molar-refractivity contribution in [1.82, 2.24) is 0 Å². The van der Waals surface area contributed by atoms with E-state index >= 15 is 0 Å². The average Bonchev–Trinajstić information content (AvgIpc) is 2.18. The first-order chi connectivity index (χ1) is 6.50. The van der Waals surface area contributed by atoms with Crippen LogP contribution in [0.1, 0.15) is 32.1 Å². The van der Waals surface area contributed by atoms with Gasteiger partial charge >= 0.3 is 0 Å². The van der Waals surface area contributed by atoms with E-state index in [1.54, 1.807) is 0 Å². The van der Waals surface area contributed by atoms with Crippen molar-refractivity contribution in [1.29, 1.82) is 0 Å². The first kappa shape index (κ1) is 10.0. The third-order valence-electron chi connectivity index (χ3n) is 1.92. The quantitative estimate of drug-likeness (QED) is 0.486. The molecule has 0 N–H and O–H groups in total. The molecule has 1 rings (SSSR count). The molecule has 0 amide bonds. The van der Waals surface area contributed by atoms with Crippen LogP contribution in [0, 0.1) is 6.08 Å². The van der Waals surface area contributed by atoms with Crippen LogP contribution in [0.25, 0.3) is 0 Å². The number of hydrogen-bond acceptors (Lipinski definition) is 0. The predicted molar refractivity (Wildman–Crippen MR) is 58.3 cm³/mol. The van der Waals surface area contributed by atoms with Crippen molar-refractivity contribution >= 4 is 0 Å². The van der Waals surface area contributed by atoms with Gasteiger partial charge in [0.1, 0.15) is 0 Å². The zero-order chi connectivity index (χ0) is 9.19. The molecule has 0 spiro atoms. The predicted octanol–water partition coefficient (Wildman–Crippen LogP) is 3.98. The molecule has 0 aromatic carbocycles. The number of hydrogen-bond donors (Lipinski definition) is 0. The summed E-state index contributed by atoms with van der Waals surface area (Å²) in [6, 6.07) is 0. The highest BCUT2D eigenvalue weighted by molar-refractivity contribution is 5.00. The van der Waals surface area contributed by atoms with E-state index in [-0.39, 0.29) is 0 Å². The second kappa shape index (κ2) is 7.60. The molecule has 0 saturated carbocycles. The Kier molecular flexibility index (Phi) is 5.87. The molecule has 0 aromatic heterocycles. The van der Waals surface area contributed by atoms with Gasteiger partial charge in [0.2, 0.25) is 0 Å². The Morgan fingerprint density at radius 3 is 2.08 bits per heavy atom. The topological polar surface area (TPSA) is 0 Å². The fourth-order valence-corrected chi connectivity index (χ4v) is 1.19. The Hall–Kier alpha value is -1.04. The fourth-order valence-electron chi connectivity index (χ4n) is 1.19.